The summed E-state index contributed by atoms with van der Waals surface area (Å²) in [6, 6.07) is 15.6. The molecule has 0 fully saturated rings. The van der Waals surface area contributed by atoms with Gasteiger partial charge in [-0.2, -0.15) is 0 Å². The van der Waals surface area contributed by atoms with Crippen LogP contribution in [0.4, 0.5) is 0 Å². The summed E-state index contributed by atoms with van der Waals surface area (Å²) in [7, 11) is 0. The summed E-state index contributed by atoms with van der Waals surface area (Å²) in [5, 5.41) is 0.828. The number of halogens is 1. The van der Waals surface area contributed by atoms with Crippen LogP contribution in [0, 0.1) is 6.92 Å². The van der Waals surface area contributed by atoms with Gasteiger partial charge in [-0.15, -0.1) is 0 Å². The summed E-state index contributed by atoms with van der Waals surface area (Å²) in [4.78, 5) is 0. The molecule has 2 aromatic carbocycles. The fourth-order valence-electron chi connectivity index (χ4n) is 1.60. The van der Waals surface area contributed by atoms with Crippen molar-refractivity contribution >= 4 is 15.9 Å². The van der Waals surface area contributed by atoms with Crippen LogP contribution in [0.2, 0.25) is 0 Å². The van der Waals surface area contributed by atoms with E-state index >= 15 is 0 Å². The molecule has 18 heavy (non-hydrogen) atoms. The van der Waals surface area contributed by atoms with Gasteiger partial charge < -0.3 is 9.47 Å². The molecule has 0 aliphatic carbocycles. The Balaban J connectivity index is 2.10. The Morgan fingerprint density at radius 1 is 1.00 bits per heavy atom. The van der Waals surface area contributed by atoms with E-state index in [1.54, 1.807) is 0 Å². The first-order valence-corrected chi connectivity index (χ1v) is 6.94. The van der Waals surface area contributed by atoms with E-state index < -0.39 is 0 Å². The second kappa shape index (κ2) is 6.45. The predicted molar refractivity (Wildman–Crippen MR) is 77.0 cm³/mol. The van der Waals surface area contributed by atoms with Crippen LogP contribution in [0.3, 0.4) is 0 Å². The summed E-state index contributed by atoms with van der Waals surface area (Å²) in [6.45, 7) is 2.68. The molecule has 0 spiro atoms. The summed E-state index contributed by atoms with van der Waals surface area (Å²) in [6.07, 6.45) is 0. The highest BCUT2D eigenvalue weighted by Gasteiger charge is 2.03. The third-order valence-electron chi connectivity index (χ3n) is 2.46. The van der Waals surface area contributed by atoms with E-state index in [-0.39, 0.29) is 0 Å². The van der Waals surface area contributed by atoms with Crippen LogP contribution in [0.5, 0.6) is 17.2 Å². The Morgan fingerprint density at radius 3 is 2.44 bits per heavy atom. The zero-order valence-electron chi connectivity index (χ0n) is 10.2. The minimum atomic E-state index is 0.665. The molecule has 0 radical (unpaired) electrons. The van der Waals surface area contributed by atoms with Gasteiger partial charge in [0.05, 0.1) is 6.61 Å². The molecule has 2 aromatic rings. The molecular weight excluding hydrogens is 292 g/mol. The molecule has 2 rings (SSSR count). The van der Waals surface area contributed by atoms with Crippen molar-refractivity contribution in [3.63, 3.8) is 0 Å². The highest BCUT2D eigenvalue weighted by Crippen LogP contribution is 2.27. The average molecular weight is 307 g/mol. The largest absolute Gasteiger partial charge is 0.493 e. The Kier molecular flexibility index (Phi) is 4.65. The molecule has 0 N–H and O–H groups in total. The summed E-state index contributed by atoms with van der Waals surface area (Å²) < 4.78 is 11.3. The van der Waals surface area contributed by atoms with Crippen molar-refractivity contribution in [2.24, 2.45) is 0 Å². The van der Waals surface area contributed by atoms with Gasteiger partial charge in [-0.05, 0) is 42.8 Å². The Bertz CT molecular complexity index is 497. The fraction of sp³-hybridized carbons (Fsp3) is 0.200. The van der Waals surface area contributed by atoms with Gasteiger partial charge in [-0.1, -0.05) is 34.1 Å². The molecule has 0 saturated carbocycles. The first-order valence-electron chi connectivity index (χ1n) is 5.82. The van der Waals surface area contributed by atoms with Gasteiger partial charge >= 0.3 is 0 Å². The lowest BCUT2D eigenvalue weighted by Crippen LogP contribution is -1.98. The monoisotopic (exact) mass is 306 g/mol. The molecule has 0 heterocycles. The molecule has 0 saturated heterocycles. The highest BCUT2D eigenvalue weighted by atomic mass is 79.9. The molecule has 94 valence electrons. The molecule has 0 aromatic heterocycles. The molecule has 0 aliphatic heterocycles. The number of hydrogen-bond acceptors (Lipinski definition) is 2. The van der Waals surface area contributed by atoms with Crippen molar-refractivity contribution in [2.75, 3.05) is 11.9 Å². The quantitative estimate of drug-likeness (QED) is 0.754. The lowest BCUT2D eigenvalue weighted by Gasteiger charge is -2.10. The van der Waals surface area contributed by atoms with Gasteiger partial charge in [-0.3, -0.25) is 0 Å². The number of benzene rings is 2. The Morgan fingerprint density at radius 2 is 1.78 bits per heavy atom. The molecule has 2 nitrogen and oxygen atoms in total. The molecule has 0 amide bonds. The highest BCUT2D eigenvalue weighted by molar-refractivity contribution is 9.09. The number of alkyl halides is 1. The van der Waals surface area contributed by atoms with E-state index in [1.165, 1.54) is 0 Å². The van der Waals surface area contributed by atoms with Gasteiger partial charge in [-0.25, -0.2) is 0 Å². The maximum absolute atomic E-state index is 5.80. The predicted octanol–water partition coefficient (Wildman–Crippen LogP) is 4.56. The zero-order valence-corrected chi connectivity index (χ0v) is 11.8. The van der Waals surface area contributed by atoms with Crippen LogP contribution in [0.25, 0.3) is 0 Å². The second-order valence-electron chi connectivity index (χ2n) is 3.88. The van der Waals surface area contributed by atoms with Crippen LogP contribution in [-0.4, -0.2) is 11.9 Å². The Labute approximate surface area is 116 Å². The molecule has 3 heteroatoms. The second-order valence-corrected chi connectivity index (χ2v) is 4.67. The topological polar surface area (TPSA) is 18.5 Å². The fourth-order valence-corrected chi connectivity index (χ4v) is 1.76. The van der Waals surface area contributed by atoms with Crippen molar-refractivity contribution in [1.29, 1.82) is 0 Å². The van der Waals surface area contributed by atoms with E-state index in [0.29, 0.717) is 6.61 Å². The number of hydrogen-bond donors (Lipinski definition) is 0. The van der Waals surface area contributed by atoms with Crippen molar-refractivity contribution in [2.45, 2.75) is 6.92 Å². The molecule has 0 bridgehead atoms. The third-order valence-corrected chi connectivity index (χ3v) is 2.79. The van der Waals surface area contributed by atoms with Crippen LogP contribution in [0.1, 0.15) is 5.56 Å². The molecular formula is C15H15BrO2. The summed E-state index contributed by atoms with van der Waals surface area (Å²) >= 11 is 3.33. The van der Waals surface area contributed by atoms with Crippen LogP contribution < -0.4 is 9.47 Å². The van der Waals surface area contributed by atoms with Gasteiger partial charge in [0, 0.05) is 5.33 Å². The number of ether oxygens (including phenoxy) is 2. The van der Waals surface area contributed by atoms with Gasteiger partial charge in [0.15, 0.2) is 0 Å². The average Bonchev–Trinajstić information content (AvgIpc) is 2.40. The van der Waals surface area contributed by atoms with Crippen LogP contribution in [0.15, 0.2) is 48.5 Å². The molecule has 0 unspecified atom stereocenters. The van der Waals surface area contributed by atoms with E-state index in [1.807, 2.05) is 55.5 Å². The van der Waals surface area contributed by atoms with Crippen LogP contribution in [-0.2, 0) is 0 Å². The Hall–Kier alpha value is -1.48. The summed E-state index contributed by atoms with van der Waals surface area (Å²) in [5.74, 6) is 2.56. The van der Waals surface area contributed by atoms with Crippen LogP contribution >= 0.6 is 15.9 Å². The number of para-hydroxylation sites is 1. The van der Waals surface area contributed by atoms with E-state index in [9.17, 15) is 0 Å². The van der Waals surface area contributed by atoms with Gasteiger partial charge in [0.25, 0.3) is 0 Å². The first kappa shape index (κ1) is 13.0. The lowest BCUT2D eigenvalue weighted by molar-refractivity contribution is 0.344. The van der Waals surface area contributed by atoms with Crippen molar-refractivity contribution in [3.8, 4) is 17.2 Å². The van der Waals surface area contributed by atoms with E-state index in [4.69, 9.17) is 9.47 Å². The van der Waals surface area contributed by atoms with Crippen molar-refractivity contribution in [1.82, 2.24) is 0 Å². The van der Waals surface area contributed by atoms with E-state index in [2.05, 4.69) is 15.9 Å². The van der Waals surface area contributed by atoms with Crippen molar-refractivity contribution in [3.05, 3.63) is 54.1 Å². The normalized spacial score (nSPS) is 10.1. The standard InChI is InChI=1S/C15H15BrO2/c1-12-11-14(17-10-9-16)7-8-15(12)18-13-5-3-2-4-6-13/h2-8,11H,9-10H2,1H3. The smallest absolute Gasteiger partial charge is 0.130 e. The van der Waals surface area contributed by atoms with Gasteiger partial charge in [0.1, 0.15) is 17.2 Å². The summed E-state index contributed by atoms with van der Waals surface area (Å²) in [5.41, 5.74) is 1.06. The number of rotatable bonds is 5. The van der Waals surface area contributed by atoms with Crippen molar-refractivity contribution < 1.29 is 9.47 Å². The van der Waals surface area contributed by atoms with E-state index in [0.717, 1.165) is 28.1 Å². The molecule has 0 aliphatic rings. The first-order chi connectivity index (χ1) is 8.79. The minimum absolute atomic E-state index is 0.665. The third kappa shape index (κ3) is 3.50. The zero-order chi connectivity index (χ0) is 12.8. The molecule has 0 atom stereocenters. The van der Waals surface area contributed by atoms with Gasteiger partial charge in [0.2, 0.25) is 0 Å². The lowest BCUT2D eigenvalue weighted by atomic mass is 10.2. The minimum Gasteiger partial charge on any atom is -0.493 e. The number of aryl methyl sites for hydroxylation is 1. The maximum Gasteiger partial charge on any atom is 0.130 e. The SMILES string of the molecule is Cc1cc(OCCBr)ccc1Oc1ccccc1. The maximum atomic E-state index is 5.80.